The van der Waals surface area contributed by atoms with Crippen LogP contribution in [0.4, 0.5) is 0 Å². The number of ether oxygens (including phenoxy) is 2. The first kappa shape index (κ1) is 14.1. The fourth-order valence-corrected chi connectivity index (χ4v) is 2.70. The minimum absolute atomic E-state index is 0.336. The Kier molecular flexibility index (Phi) is 4.53. The van der Waals surface area contributed by atoms with Gasteiger partial charge in [0.05, 0.1) is 19.8 Å². The van der Waals surface area contributed by atoms with E-state index in [1.165, 1.54) is 11.1 Å². The van der Waals surface area contributed by atoms with Crippen molar-refractivity contribution in [2.24, 2.45) is 0 Å². The average Bonchev–Trinajstić information content (AvgIpc) is 3.07. The van der Waals surface area contributed by atoms with E-state index in [4.69, 9.17) is 9.47 Å². The molecule has 1 heterocycles. The largest absolute Gasteiger partial charge is 0.497 e. The van der Waals surface area contributed by atoms with Gasteiger partial charge < -0.3 is 14.8 Å². The van der Waals surface area contributed by atoms with Crippen molar-refractivity contribution in [3.05, 3.63) is 54.1 Å². The molecule has 0 bridgehead atoms. The zero-order chi connectivity index (χ0) is 14.5. The minimum Gasteiger partial charge on any atom is -0.497 e. The highest BCUT2D eigenvalue weighted by Crippen LogP contribution is 2.27. The first-order valence-corrected chi connectivity index (χ1v) is 7.41. The Hall–Kier alpha value is -1.84. The quantitative estimate of drug-likeness (QED) is 0.914. The molecule has 2 aromatic carbocycles. The summed E-state index contributed by atoms with van der Waals surface area (Å²) in [6.45, 7) is 2.67. The van der Waals surface area contributed by atoms with Crippen molar-refractivity contribution in [1.29, 1.82) is 0 Å². The molecule has 0 aliphatic carbocycles. The van der Waals surface area contributed by atoms with Gasteiger partial charge in [-0.2, -0.15) is 0 Å². The Morgan fingerprint density at radius 1 is 1.14 bits per heavy atom. The molecule has 1 atom stereocenters. The molecule has 1 N–H and O–H groups in total. The van der Waals surface area contributed by atoms with Gasteiger partial charge in [-0.05, 0) is 41.8 Å². The van der Waals surface area contributed by atoms with Gasteiger partial charge in [0, 0.05) is 6.54 Å². The second-order valence-corrected chi connectivity index (χ2v) is 5.31. The van der Waals surface area contributed by atoms with Crippen molar-refractivity contribution in [3.63, 3.8) is 0 Å². The third-order valence-corrected chi connectivity index (χ3v) is 3.89. The Bertz CT molecular complexity index is 591. The molecule has 3 nitrogen and oxygen atoms in total. The summed E-state index contributed by atoms with van der Waals surface area (Å²) in [5.74, 6) is 0.878. The number of hydrogen-bond donors (Lipinski definition) is 1. The van der Waals surface area contributed by atoms with E-state index in [-0.39, 0.29) is 0 Å². The lowest BCUT2D eigenvalue weighted by atomic mass is 10.00. The molecule has 1 unspecified atom stereocenters. The molecular weight excluding hydrogens is 262 g/mol. The van der Waals surface area contributed by atoms with Crippen LogP contribution in [0, 0.1) is 0 Å². The molecule has 21 heavy (non-hydrogen) atoms. The van der Waals surface area contributed by atoms with Gasteiger partial charge >= 0.3 is 0 Å². The summed E-state index contributed by atoms with van der Waals surface area (Å²) in [7, 11) is 1.70. The molecule has 1 fully saturated rings. The van der Waals surface area contributed by atoms with Crippen LogP contribution >= 0.6 is 0 Å². The lowest BCUT2D eigenvalue weighted by Gasteiger charge is -2.14. The van der Waals surface area contributed by atoms with E-state index < -0.39 is 0 Å². The van der Waals surface area contributed by atoms with E-state index in [2.05, 4.69) is 41.7 Å². The Morgan fingerprint density at radius 2 is 2.05 bits per heavy atom. The maximum absolute atomic E-state index is 6.01. The zero-order valence-electron chi connectivity index (χ0n) is 12.3. The van der Waals surface area contributed by atoms with Crippen LogP contribution in [0.5, 0.6) is 5.75 Å². The number of benzene rings is 2. The summed E-state index contributed by atoms with van der Waals surface area (Å²) >= 11 is 0. The highest BCUT2D eigenvalue weighted by molar-refractivity contribution is 5.68. The number of methoxy groups -OCH3 is 1. The molecule has 0 amide bonds. The van der Waals surface area contributed by atoms with Crippen molar-refractivity contribution < 1.29 is 9.47 Å². The Labute approximate surface area is 125 Å². The third kappa shape index (κ3) is 3.43. The van der Waals surface area contributed by atoms with Crippen LogP contribution < -0.4 is 10.1 Å². The predicted octanol–water partition coefficient (Wildman–Crippen LogP) is 3.24. The van der Waals surface area contributed by atoms with Crippen LogP contribution in [-0.2, 0) is 11.3 Å². The second-order valence-electron chi connectivity index (χ2n) is 5.31. The average molecular weight is 283 g/mol. The van der Waals surface area contributed by atoms with Crippen LogP contribution in [0.1, 0.15) is 12.0 Å². The molecule has 1 aliphatic rings. The molecule has 0 radical (unpaired) electrons. The van der Waals surface area contributed by atoms with Gasteiger partial charge in [-0.15, -0.1) is 0 Å². The molecule has 110 valence electrons. The number of nitrogens with one attached hydrogen (secondary N) is 1. The van der Waals surface area contributed by atoms with Gasteiger partial charge in [0.2, 0.25) is 0 Å². The van der Waals surface area contributed by atoms with Crippen LogP contribution in [0.2, 0.25) is 0 Å². The molecular formula is C18H21NO2. The van der Waals surface area contributed by atoms with E-state index >= 15 is 0 Å². The monoisotopic (exact) mass is 283 g/mol. The standard InChI is InChI=1S/C18H21NO2/c1-20-16-7-4-6-14(11-16)18-8-3-2-5-15(18)13-21-17-9-10-19-12-17/h2-8,11,17,19H,9-10,12-13H2,1H3. The lowest BCUT2D eigenvalue weighted by Crippen LogP contribution is -2.16. The maximum Gasteiger partial charge on any atom is 0.119 e. The van der Waals surface area contributed by atoms with Crippen LogP contribution in [-0.4, -0.2) is 26.3 Å². The summed E-state index contributed by atoms with van der Waals surface area (Å²) in [6.07, 6.45) is 1.43. The third-order valence-electron chi connectivity index (χ3n) is 3.89. The second kappa shape index (κ2) is 6.74. The van der Waals surface area contributed by atoms with E-state index in [9.17, 15) is 0 Å². The molecule has 3 rings (SSSR count). The van der Waals surface area contributed by atoms with Crippen molar-refractivity contribution in [3.8, 4) is 16.9 Å². The smallest absolute Gasteiger partial charge is 0.119 e. The van der Waals surface area contributed by atoms with Crippen molar-refractivity contribution >= 4 is 0 Å². The van der Waals surface area contributed by atoms with E-state index in [0.29, 0.717) is 12.7 Å². The molecule has 0 spiro atoms. The SMILES string of the molecule is COc1cccc(-c2ccccc2COC2CCNC2)c1. The summed E-state index contributed by atoms with van der Waals surface area (Å²) in [5.41, 5.74) is 3.60. The van der Waals surface area contributed by atoms with Gasteiger partial charge in [0.1, 0.15) is 5.75 Å². The van der Waals surface area contributed by atoms with Gasteiger partial charge in [0.25, 0.3) is 0 Å². The summed E-state index contributed by atoms with van der Waals surface area (Å²) in [6, 6.07) is 16.6. The molecule has 1 saturated heterocycles. The fraction of sp³-hybridized carbons (Fsp3) is 0.333. The summed E-state index contributed by atoms with van der Waals surface area (Å²) in [4.78, 5) is 0. The Morgan fingerprint density at radius 3 is 2.86 bits per heavy atom. The predicted molar refractivity (Wildman–Crippen MR) is 84.5 cm³/mol. The minimum atomic E-state index is 0.336. The van der Waals surface area contributed by atoms with Crippen LogP contribution in [0.15, 0.2) is 48.5 Å². The number of rotatable bonds is 5. The van der Waals surface area contributed by atoms with E-state index in [0.717, 1.165) is 30.8 Å². The summed E-state index contributed by atoms with van der Waals surface area (Å²) in [5, 5.41) is 3.33. The van der Waals surface area contributed by atoms with Crippen molar-refractivity contribution in [2.75, 3.05) is 20.2 Å². The van der Waals surface area contributed by atoms with Crippen LogP contribution in [0.25, 0.3) is 11.1 Å². The lowest BCUT2D eigenvalue weighted by molar-refractivity contribution is 0.0545. The maximum atomic E-state index is 6.01. The van der Waals surface area contributed by atoms with Crippen molar-refractivity contribution in [2.45, 2.75) is 19.1 Å². The van der Waals surface area contributed by atoms with Gasteiger partial charge in [-0.25, -0.2) is 0 Å². The molecule has 0 saturated carbocycles. The Balaban J connectivity index is 1.80. The normalized spacial score (nSPS) is 17.9. The fourth-order valence-electron chi connectivity index (χ4n) is 2.70. The topological polar surface area (TPSA) is 30.5 Å². The van der Waals surface area contributed by atoms with E-state index in [1.54, 1.807) is 7.11 Å². The first-order chi connectivity index (χ1) is 10.4. The first-order valence-electron chi connectivity index (χ1n) is 7.41. The highest BCUT2D eigenvalue weighted by Gasteiger charge is 2.15. The van der Waals surface area contributed by atoms with Gasteiger partial charge in [0.15, 0.2) is 0 Å². The highest BCUT2D eigenvalue weighted by atomic mass is 16.5. The van der Waals surface area contributed by atoms with Gasteiger partial charge in [-0.1, -0.05) is 36.4 Å². The van der Waals surface area contributed by atoms with Crippen molar-refractivity contribution in [1.82, 2.24) is 5.32 Å². The summed E-state index contributed by atoms with van der Waals surface area (Å²) < 4.78 is 11.3. The molecule has 3 heteroatoms. The molecule has 0 aromatic heterocycles. The van der Waals surface area contributed by atoms with Gasteiger partial charge in [-0.3, -0.25) is 0 Å². The number of hydrogen-bond acceptors (Lipinski definition) is 3. The molecule has 1 aliphatic heterocycles. The van der Waals surface area contributed by atoms with Crippen LogP contribution in [0.3, 0.4) is 0 Å². The molecule has 2 aromatic rings. The zero-order valence-corrected chi connectivity index (χ0v) is 12.3. The van der Waals surface area contributed by atoms with E-state index in [1.807, 2.05) is 12.1 Å².